The van der Waals surface area contributed by atoms with Gasteiger partial charge in [0.15, 0.2) is 0 Å². The van der Waals surface area contributed by atoms with Crippen LogP contribution < -0.4 is 0 Å². The van der Waals surface area contributed by atoms with E-state index in [1.165, 1.54) is 4.90 Å². The van der Waals surface area contributed by atoms with Gasteiger partial charge < -0.3 is 4.90 Å². The predicted octanol–water partition coefficient (Wildman–Crippen LogP) is 0.297. The first-order valence-corrected chi connectivity index (χ1v) is 6.12. The van der Waals surface area contributed by atoms with E-state index in [0.717, 1.165) is 12.8 Å². The van der Waals surface area contributed by atoms with Gasteiger partial charge in [0, 0.05) is 19.5 Å². The summed E-state index contributed by atoms with van der Waals surface area (Å²) in [6.07, 6.45) is 2.00. The van der Waals surface area contributed by atoms with Gasteiger partial charge >= 0.3 is 10.2 Å². The van der Waals surface area contributed by atoms with Crippen molar-refractivity contribution in [3.05, 3.63) is 0 Å². The molecule has 2 fully saturated rings. The third-order valence-corrected chi connectivity index (χ3v) is 3.86. The lowest BCUT2D eigenvalue weighted by Gasteiger charge is -2.14. The molecule has 14 heavy (non-hydrogen) atoms. The molecule has 1 unspecified atom stereocenters. The second-order valence-corrected chi connectivity index (χ2v) is 5.66. The molecule has 0 spiro atoms. The summed E-state index contributed by atoms with van der Waals surface area (Å²) >= 11 is 0. The van der Waals surface area contributed by atoms with Gasteiger partial charge in [0.2, 0.25) is 5.91 Å². The molecule has 0 aromatic rings. The van der Waals surface area contributed by atoms with E-state index in [4.69, 9.17) is 0 Å². The zero-order chi connectivity index (χ0) is 10.3. The molecule has 1 saturated heterocycles. The first-order chi connectivity index (χ1) is 6.47. The molecule has 0 aromatic carbocycles. The van der Waals surface area contributed by atoms with Crippen molar-refractivity contribution >= 4 is 16.1 Å². The topological polar surface area (TPSA) is 54.5 Å². The Balaban J connectivity index is 1.99. The number of amides is 1. The number of hydrogen-bond donors (Lipinski definition) is 0. The monoisotopic (exact) mass is 221 g/mol. The zero-order valence-corrected chi connectivity index (χ0v) is 8.46. The van der Waals surface area contributed by atoms with Gasteiger partial charge in [0.1, 0.15) is 5.25 Å². The molecule has 1 saturated carbocycles. The highest BCUT2D eigenvalue weighted by Gasteiger charge is 2.40. The number of carbonyl (C=O) groups is 1. The van der Waals surface area contributed by atoms with Crippen LogP contribution in [-0.4, -0.2) is 37.6 Å². The molecular weight excluding hydrogens is 209 g/mol. The molecule has 2 aliphatic rings. The maximum atomic E-state index is 12.6. The summed E-state index contributed by atoms with van der Waals surface area (Å²) in [5.74, 6) is 0.281. The minimum Gasteiger partial charge on any atom is -0.341 e. The van der Waals surface area contributed by atoms with Crippen molar-refractivity contribution < 1.29 is 17.1 Å². The minimum absolute atomic E-state index is 0.0359. The summed E-state index contributed by atoms with van der Waals surface area (Å²) < 4.78 is 33.7. The summed E-state index contributed by atoms with van der Waals surface area (Å²) in [6, 6.07) is 0. The lowest BCUT2D eigenvalue weighted by molar-refractivity contribution is -0.127. The molecule has 0 aromatic heterocycles. The van der Waals surface area contributed by atoms with E-state index >= 15 is 0 Å². The van der Waals surface area contributed by atoms with Gasteiger partial charge in [0.25, 0.3) is 0 Å². The highest BCUT2D eigenvalue weighted by Crippen LogP contribution is 2.31. The van der Waals surface area contributed by atoms with Gasteiger partial charge in [-0.3, -0.25) is 4.79 Å². The van der Waals surface area contributed by atoms with Gasteiger partial charge in [-0.05, 0) is 18.8 Å². The van der Waals surface area contributed by atoms with Gasteiger partial charge in [0.05, 0.1) is 0 Å². The van der Waals surface area contributed by atoms with E-state index < -0.39 is 15.5 Å². The number of halogens is 1. The molecule has 1 heterocycles. The predicted molar refractivity (Wildman–Crippen MR) is 47.7 cm³/mol. The van der Waals surface area contributed by atoms with E-state index in [9.17, 15) is 17.1 Å². The Bertz CT molecular complexity index is 350. The number of carbonyl (C=O) groups excluding carboxylic acids is 1. The fourth-order valence-electron chi connectivity index (χ4n) is 1.71. The molecule has 2 rings (SSSR count). The van der Waals surface area contributed by atoms with Crippen molar-refractivity contribution in [2.75, 3.05) is 13.1 Å². The number of likely N-dealkylation sites (tertiary alicyclic amines) is 1. The molecule has 1 aliphatic heterocycles. The Morgan fingerprint density at radius 1 is 1.43 bits per heavy atom. The first-order valence-electron chi connectivity index (χ1n) is 4.68. The maximum Gasteiger partial charge on any atom is 0.307 e. The summed E-state index contributed by atoms with van der Waals surface area (Å²) in [5, 5.41) is -1.13. The second-order valence-electron chi connectivity index (χ2n) is 4.04. The van der Waals surface area contributed by atoms with Crippen LogP contribution in [0, 0.1) is 5.92 Å². The fourth-order valence-corrected chi connectivity index (χ4v) is 2.41. The molecule has 80 valence electrons. The van der Waals surface area contributed by atoms with Gasteiger partial charge in [-0.1, -0.05) is 0 Å². The van der Waals surface area contributed by atoms with Crippen LogP contribution in [0.25, 0.3) is 0 Å². The molecular formula is C8H12FNO3S. The molecule has 4 nitrogen and oxygen atoms in total. The van der Waals surface area contributed by atoms with Gasteiger partial charge in [-0.2, -0.15) is 8.42 Å². The van der Waals surface area contributed by atoms with Crippen molar-refractivity contribution in [1.82, 2.24) is 4.90 Å². The van der Waals surface area contributed by atoms with Crippen molar-refractivity contribution in [1.29, 1.82) is 0 Å². The second kappa shape index (κ2) is 3.18. The molecule has 0 radical (unpaired) electrons. The third-order valence-electron chi connectivity index (χ3n) is 2.75. The highest BCUT2D eigenvalue weighted by atomic mass is 32.3. The highest BCUT2D eigenvalue weighted by molar-refractivity contribution is 7.87. The lowest BCUT2D eigenvalue weighted by atomic mass is 10.4. The standard InChI is InChI=1S/C8H12FNO3S/c9-14(12,13)7-3-8(11)10(5-7)4-6-1-2-6/h6-7H,1-5H2. The van der Waals surface area contributed by atoms with E-state index in [1.54, 1.807) is 0 Å². The Kier molecular flexibility index (Phi) is 2.25. The smallest absolute Gasteiger partial charge is 0.307 e. The first kappa shape index (κ1) is 9.89. The molecule has 1 aliphatic carbocycles. The third kappa shape index (κ3) is 2.05. The van der Waals surface area contributed by atoms with E-state index in [2.05, 4.69) is 0 Å². The van der Waals surface area contributed by atoms with Crippen LogP contribution in [-0.2, 0) is 15.0 Å². The minimum atomic E-state index is -4.55. The van der Waals surface area contributed by atoms with Crippen LogP contribution in [0.15, 0.2) is 0 Å². The van der Waals surface area contributed by atoms with E-state index in [1.807, 2.05) is 0 Å². The Morgan fingerprint density at radius 2 is 2.07 bits per heavy atom. The zero-order valence-electron chi connectivity index (χ0n) is 7.65. The average molecular weight is 221 g/mol. The maximum absolute atomic E-state index is 12.6. The van der Waals surface area contributed by atoms with Crippen LogP contribution in [0.1, 0.15) is 19.3 Å². The Labute approximate surface area is 82.3 Å². The SMILES string of the molecule is O=C1CC(S(=O)(=O)F)CN1CC1CC1. The normalized spacial score (nSPS) is 28.5. The summed E-state index contributed by atoms with van der Waals surface area (Å²) in [5.41, 5.74) is 0. The van der Waals surface area contributed by atoms with Crippen molar-refractivity contribution in [2.45, 2.75) is 24.5 Å². The largest absolute Gasteiger partial charge is 0.341 e. The quantitative estimate of drug-likeness (QED) is 0.644. The Hall–Kier alpha value is -0.650. The van der Waals surface area contributed by atoms with Crippen molar-refractivity contribution in [3.8, 4) is 0 Å². The Morgan fingerprint density at radius 3 is 2.50 bits per heavy atom. The molecule has 1 atom stereocenters. The summed E-state index contributed by atoms with van der Waals surface area (Å²) in [7, 11) is -4.55. The van der Waals surface area contributed by atoms with Crippen molar-refractivity contribution in [3.63, 3.8) is 0 Å². The fraction of sp³-hybridized carbons (Fsp3) is 0.875. The van der Waals surface area contributed by atoms with E-state index in [0.29, 0.717) is 12.5 Å². The van der Waals surface area contributed by atoms with Crippen molar-refractivity contribution in [2.24, 2.45) is 5.92 Å². The summed E-state index contributed by atoms with van der Waals surface area (Å²) in [6.45, 7) is 0.638. The van der Waals surface area contributed by atoms with Crippen LogP contribution >= 0.6 is 0 Å². The molecule has 1 amide bonds. The van der Waals surface area contributed by atoms with Crippen LogP contribution in [0.5, 0.6) is 0 Å². The van der Waals surface area contributed by atoms with Gasteiger partial charge in [-0.15, -0.1) is 3.89 Å². The number of rotatable bonds is 3. The average Bonchev–Trinajstić information content (AvgIpc) is 2.76. The van der Waals surface area contributed by atoms with Crippen LogP contribution in [0.4, 0.5) is 3.89 Å². The van der Waals surface area contributed by atoms with Gasteiger partial charge in [-0.25, -0.2) is 0 Å². The number of hydrogen-bond acceptors (Lipinski definition) is 3. The molecule has 6 heteroatoms. The summed E-state index contributed by atoms with van der Waals surface area (Å²) in [4.78, 5) is 12.8. The van der Waals surface area contributed by atoms with Crippen LogP contribution in [0.3, 0.4) is 0 Å². The molecule has 0 bridgehead atoms. The molecule has 0 N–H and O–H groups in total. The lowest BCUT2D eigenvalue weighted by Crippen LogP contribution is -2.29. The number of nitrogens with zero attached hydrogens (tertiary/aromatic N) is 1. The van der Waals surface area contributed by atoms with Crippen LogP contribution in [0.2, 0.25) is 0 Å². The van der Waals surface area contributed by atoms with E-state index in [-0.39, 0.29) is 18.9 Å².